The molecule has 1 aromatic rings. The number of carbonyl (C=O) groups excluding carboxylic acids is 2. The fourth-order valence-electron chi connectivity index (χ4n) is 2.18. The molecule has 0 bridgehead atoms. The molecule has 1 fully saturated rings. The van der Waals surface area contributed by atoms with Crippen molar-refractivity contribution >= 4 is 24.1 Å². The van der Waals surface area contributed by atoms with E-state index in [0.29, 0.717) is 0 Å². The molecule has 1 amide bonds. The second-order valence-electron chi connectivity index (χ2n) is 4.87. The maximum absolute atomic E-state index is 13.1. The second kappa shape index (κ2) is 5.64. The molecule has 106 valence electrons. The number of aliphatic hydroxyl groups excluding tert-OH is 1. The first-order chi connectivity index (χ1) is 9.40. The Bertz CT molecular complexity index is 520. The summed E-state index contributed by atoms with van der Waals surface area (Å²) in [6.07, 6.45) is 1.88. The van der Waals surface area contributed by atoms with Crippen molar-refractivity contribution in [3.05, 3.63) is 18.3 Å². The van der Waals surface area contributed by atoms with Crippen LogP contribution in [0.4, 0.5) is 4.39 Å². The summed E-state index contributed by atoms with van der Waals surface area (Å²) in [5, 5.41) is 19.9. The topological polar surface area (TPSA) is 104 Å². The fourth-order valence-corrected chi connectivity index (χ4v) is 2.18. The van der Waals surface area contributed by atoms with E-state index in [0.717, 1.165) is 12.4 Å². The molecule has 0 radical (unpaired) electrons. The van der Waals surface area contributed by atoms with Crippen molar-refractivity contribution in [2.24, 2.45) is 5.92 Å². The smallest absolute Gasteiger partial charge is 0.383 e. The maximum Gasteiger partial charge on any atom is 0.383 e. The van der Waals surface area contributed by atoms with E-state index in [9.17, 15) is 24.3 Å². The van der Waals surface area contributed by atoms with E-state index >= 15 is 0 Å². The lowest BCUT2D eigenvalue weighted by Crippen LogP contribution is -2.61. The molecule has 0 spiro atoms. The molecule has 2 rings (SSSR count). The first-order valence-electron chi connectivity index (χ1n) is 6.09. The quantitative estimate of drug-likeness (QED) is 0.502. The van der Waals surface area contributed by atoms with Gasteiger partial charge < -0.3 is 5.11 Å². The van der Waals surface area contributed by atoms with Crippen LogP contribution >= 0.6 is 0 Å². The molecule has 1 saturated heterocycles. The molecule has 2 unspecified atom stereocenters. The van der Waals surface area contributed by atoms with Crippen molar-refractivity contribution in [3.63, 3.8) is 0 Å². The second-order valence-corrected chi connectivity index (χ2v) is 4.87. The zero-order chi connectivity index (χ0) is 14.9. The van der Waals surface area contributed by atoms with E-state index in [2.05, 4.69) is 9.97 Å². The van der Waals surface area contributed by atoms with Gasteiger partial charge in [0.05, 0.1) is 11.8 Å². The van der Waals surface area contributed by atoms with Gasteiger partial charge in [-0.2, -0.15) is 4.39 Å². The van der Waals surface area contributed by atoms with E-state index in [1.165, 1.54) is 0 Å². The molecule has 1 aromatic heterocycles. The molecule has 1 aliphatic heterocycles. The van der Waals surface area contributed by atoms with Gasteiger partial charge in [-0.05, 0) is 5.92 Å². The van der Waals surface area contributed by atoms with E-state index in [1.807, 2.05) is 0 Å². The highest BCUT2D eigenvalue weighted by atomic mass is 19.1. The molecule has 20 heavy (non-hydrogen) atoms. The summed E-state index contributed by atoms with van der Waals surface area (Å²) < 4.78 is 13.1. The molecule has 1 aliphatic rings. The molecule has 7 nitrogen and oxygen atoms in total. The number of ketones is 1. The zero-order valence-electron chi connectivity index (χ0n) is 10.7. The van der Waals surface area contributed by atoms with Gasteiger partial charge in [-0.15, -0.1) is 0 Å². The molecular formula is C11H13BFN3O4. The van der Waals surface area contributed by atoms with Crippen molar-refractivity contribution in [1.29, 1.82) is 0 Å². The van der Waals surface area contributed by atoms with E-state index in [4.69, 9.17) is 0 Å². The highest BCUT2D eigenvalue weighted by Gasteiger charge is 2.43. The van der Waals surface area contributed by atoms with Gasteiger partial charge in [-0.25, -0.2) is 4.98 Å². The van der Waals surface area contributed by atoms with Crippen LogP contribution in [0, 0.1) is 11.9 Å². The lowest BCUT2D eigenvalue weighted by molar-refractivity contribution is -0.151. The lowest BCUT2D eigenvalue weighted by Gasteiger charge is -2.29. The average molecular weight is 281 g/mol. The molecule has 9 heteroatoms. The summed E-state index contributed by atoms with van der Waals surface area (Å²) in [6, 6.07) is -1.68. The number of hydroxylamine groups is 1. The Hall–Kier alpha value is -1.87. The van der Waals surface area contributed by atoms with Crippen LogP contribution in [-0.2, 0) is 9.59 Å². The largest absolute Gasteiger partial charge is 0.391 e. The SMILES string of the molecule is CC1CC(=O)C(O)B(c2cncc(F)n2)N(O)C(=O)C1. The molecule has 0 aliphatic carbocycles. The highest BCUT2D eigenvalue weighted by molar-refractivity contribution is 6.75. The average Bonchev–Trinajstić information content (AvgIpc) is 2.37. The number of aromatic nitrogens is 2. The zero-order valence-corrected chi connectivity index (χ0v) is 10.7. The minimum Gasteiger partial charge on any atom is -0.391 e. The van der Waals surface area contributed by atoms with Crippen LogP contribution in [0.1, 0.15) is 19.8 Å². The van der Waals surface area contributed by atoms with Crippen molar-refractivity contribution in [3.8, 4) is 0 Å². The first kappa shape index (κ1) is 14.5. The van der Waals surface area contributed by atoms with Crippen molar-refractivity contribution in [2.45, 2.75) is 25.8 Å². The summed E-state index contributed by atoms with van der Waals surface area (Å²) in [7, 11) is 0. The van der Waals surface area contributed by atoms with Crippen LogP contribution in [-0.4, -0.2) is 49.8 Å². The van der Waals surface area contributed by atoms with Gasteiger partial charge in [0.25, 0.3) is 0 Å². The molecule has 0 aromatic carbocycles. The van der Waals surface area contributed by atoms with Crippen LogP contribution in [0.15, 0.2) is 12.4 Å². The Kier molecular flexibility index (Phi) is 4.10. The number of aliphatic hydroxyl groups is 1. The van der Waals surface area contributed by atoms with Crippen LogP contribution in [0.5, 0.6) is 0 Å². The van der Waals surface area contributed by atoms with Crippen LogP contribution < -0.4 is 5.59 Å². The fraction of sp³-hybridized carbons (Fsp3) is 0.455. The Morgan fingerprint density at radius 3 is 2.75 bits per heavy atom. The monoisotopic (exact) mass is 281 g/mol. The predicted molar refractivity (Wildman–Crippen MR) is 65.4 cm³/mol. The minimum atomic E-state index is -1.68. The van der Waals surface area contributed by atoms with Crippen LogP contribution in [0.25, 0.3) is 0 Å². The maximum atomic E-state index is 13.1. The van der Waals surface area contributed by atoms with Crippen molar-refractivity contribution < 1.29 is 24.3 Å². The van der Waals surface area contributed by atoms with Gasteiger partial charge in [-0.1, -0.05) is 6.92 Å². The summed E-state index contributed by atoms with van der Waals surface area (Å²) in [6.45, 7) is 0.212. The molecule has 2 heterocycles. The normalized spacial score (nSPS) is 24.6. The summed E-state index contributed by atoms with van der Waals surface area (Å²) in [5.74, 6) is -2.43. The van der Waals surface area contributed by atoms with E-state index in [-0.39, 0.29) is 29.3 Å². The van der Waals surface area contributed by atoms with Crippen molar-refractivity contribution in [1.82, 2.24) is 14.9 Å². The summed E-state index contributed by atoms with van der Waals surface area (Å²) >= 11 is 0. The van der Waals surface area contributed by atoms with Crippen LogP contribution in [0.2, 0.25) is 0 Å². The predicted octanol–water partition coefficient (Wildman–Crippen LogP) is -1.07. The Morgan fingerprint density at radius 1 is 1.40 bits per heavy atom. The van der Waals surface area contributed by atoms with Gasteiger partial charge in [0.15, 0.2) is 5.78 Å². The molecule has 2 N–H and O–H groups in total. The Labute approximate surface area is 114 Å². The number of amides is 1. The van der Waals surface area contributed by atoms with E-state index < -0.39 is 30.5 Å². The van der Waals surface area contributed by atoms with Crippen molar-refractivity contribution in [2.75, 3.05) is 0 Å². The van der Waals surface area contributed by atoms with E-state index in [1.54, 1.807) is 6.92 Å². The Balaban J connectivity index is 2.41. The third-order valence-electron chi connectivity index (χ3n) is 3.15. The third kappa shape index (κ3) is 2.83. The number of hydrogen-bond donors (Lipinski definition) is 2. The molecular weight excluding hydrogens is 268 g/mol. The highest BCUT2D eigenvalue weighted by Crippen LogP contribution is 2.17. The number of nitrogens with zero attached hydrogens (tertiary/aromatic N) is 3. The minimum absolute atomic E-state index is 0.00000898. The Morgan fingerprint density at radius 2 is 2.10 bits per heavy atom. The number of hydrogen-bond acceptors (Lipinski definition) is 6. The summed E-state index contributed by atoms with van der Waals surface area (Å²) in [5.41, 5.74) is -0.184. The van der Waals surface area contributed by atoms with Crippen LogP contribution in [0.3, 0.4) is 0 Å². The van der Waals surface area contributed by atoms with Gasteiger partial charge in [0, 0.05) is 19.0 Å². The van der Waals surface area contributed by atoms with Gasteiger partial charge in [0.1, 0.15) is 6.00 Å². The van der Waals surface area contributed by atoms with Gasteiger partial charge >= 0.3 is 6.85 Å². The van der Waals surface area contributed by atoms with Gasteiger partial charge in [-0.3, -0.25) is 24.8 Å². The van der Waals surface area contributed by atoms with Gasteiger partial charge in [0.2, 0.25) is 11.9 Å². The number of rotatable bonds is 1. The number of Topliss-reactive ketones (excluding diaryl/α,β-unsaturated/α-hetero) is 1. The lowest BCUT2D eigenvalue weighted by atomic mass is 9.51. The third-order valence-corrected chi connectivity index (χ3v) is 3.15. The standard InChI is InChI=1S/C11H13BFN3O4/c1-6-2-7(17)11(19)12(16(20)10(18)3-6)8-4-14-5-9(13)15-8/h4-6,11,19-20H,2-3H2,1H3. The molecule has 0 saturated carbocycles. The number of halogens is 1. The molecule has 2 atom stereocenters. The number of carbonyl (C=O) groups is 2. The first-order valence-corrected chi connectivity index (χ1v) is 6.09. The summed E-state index contributed by atoms with van der Waals surface area (Å²) in [4.78, 5) is 30.9.